The molecule has 0 saturated carbocycles. The smallest absolute Gasteiger partial charge is 0.230 e. The highest BCUT2D eigenvalue weighted by Crippen LogP contribution is 2.34. The van der Waals surface area contributed by atoms with E-state index in [-0.39, 0.29) is 0 Å². The average Bonchev–Trinajstić information content (AvgIpc) is 2.55. The van der Waals surface area contributed by atoms with Crippen molar-refractivity contribution < 1.29 is 4.74 Å². The summed E-state index contributed by atoms with van der Waals surface area (Å²) < 4.78 is 6.61. The van der Waals surface area contributed by atoms with Gasteiger partial charge in [0.15, 0.2) is 0 Å². The van der Waals surface area contributed by atoms with Gasteiger partial charge in [0, 0.05) is 50.5 Å². The van der Waals surface area contributed by atoms with E-state index < -0.39 is 0 Å². The van der Waals surface area contributed by atoms with Gasteiger partial charge in [-0.1, -0.05) is 11.6 Å². The Bertz CT molecular complexity index is 704. The molecular weight excluding hydrogens is 380 g/mol. The van der Waals surface area contributed by atoms with Crippen molar-refractivity contribution in [3.8, 4) is 5.88 Å². The number of piperazine rings is 1. The largest absolute Gasteiger partial charge is 0.475 e. The second-order valence-electron chi connectivity index (χ2n) is 5.89. The van der Waals surface area contributed by atoms with E-state index >= 15 is 0 Å². The van der Waals surface area contributed by atoms with Crippen molar-refractivity contribution in [2.75, 3.05) is 46.4 Å². The highest BCUT2D eigenvalue weighted by molar-refractivity contribution is 9.10. The summed E-state index contributed by atoms with van der Waals surface area (Å²) in [5.74, 6) is 0.569. The number of pyridine rings is 2. The van der Waals surface area contributed by atoms with Gasteiger partial charge in [0.05, 0.1) is 10.5 Å². The molecule has 0 atom stereocenters. The number of aryl methyl sites for hydroxylation is 1. The van der Waals surface area contributed by atoms with Crippen molar-refractivity contribution >= 4 is 38.4 Å². The molecule has 1 fully saturated rings. The normalized spacial score (nSPS) is 16.9. The summed E-state index contributed by atoms with van der Waals surface area (Å²) in [6.07, 6.45) is 3.50. The van der Waals surface area contributed by atoms with E-state index in [0.717, 1.165) is 53.7 Å². The van der Waals surface area contributed by atoms with Gasteiger partial charge in [0.1, 0.15) is 11.1 Å². The van der Waals surface area contributed by atoms with Crippen molar-refractivity contribution in [1.82, 2.24) is 19.8 Å². The molecule has 0 amide bonds. The Hall–Kier alpha value is -0.950. The third-order valence-electron chi connectivity index (χ3n) is 4.17. The molecule has 0 unspecified atom stereocenters. The number of rotatable bonds is 4. The van der Waals surface area contributed by atoms with Crippen molar-refractivity contribution in [2.45, 2.75) is 6.92 Å². The molecule has 5 nitrogen and oxygen atoms in total. The molecule has 2 aromatic rings. The van der Waals surface area contributed by atoms with Crippen molar-refractivity contribution in [1.29, 1.82) is 0 Å². The van der Waals surface area contributed by atoms with Crippen LogP contribution in [0.2, 0.25) is 5.02 Å². The van der Waals surface area contributed by atoms with Gasteiger partial charge in [-0.2, -0.15) is 0 Å². The maximum Gasteiger partial charge on any atom is 0.230 e. The highest BCUT2D eigenvalue weighted by atomic mass is 79.9. The molecule has 0 aromatic carbocycles. The summed E-state index contributed by atoms with van der Waals surface area (Å²) in [6, 6.07) is 0. The van der Waals surface area contributed by atoms with Crippen molar-refractivity contribution in [3.63, 3.8) is 0 Å². The minimum atomic E-state index is 0.569. The Kier molecular flexibility index (Phi) is 5.36. The molecule has 0 radical (unpaired) electrons. The van der Waals surface area contributed by atoms with E-state index in [0.29, 0.717) is 17.5 Å². The van der Waals surface area contributed by atoms with E-state index in [4.69, 9.17) is 16.3 Å². The highest BCUT2D eigenvalue weighted by Gasteiger charge is 2.15. The van der Waals surface area contributed by atoms with Crippen LogP contribution in [-0.4, -0.2) is 66.1 Å². The van der Waals surface area contributed by atoms with Crippen LogP contribution in [0.1, 0.15) is 5.56 Å². The SMILES string of the molecule is Cc1cnc2c(Br)c(OCCN3CCN(C)CC3)ncc2c1Cl. The molecule has 7 heteroatoms. The maximum absolute atomic E-state index is 6.32. The first-order valence-electron chi connectivity index (χ1n) is 7.69. The predicted octanol–water partition coefficient (Wildman–Crippen LogP) is 2.98. The molecule has 3 rings (SSSR count). The lowest BCUT2D eigenvalue weighted by atomic mass is 10.2. The molecule has 0 bridgehead atoms. The molecule has 1 aliphatic rings. The van der Waals surface area contributed by atoms with E-state index in [1.54, 1.807) is 12.4 Å². The van der Waals surface area contributed by atoms with Crippen LogP contribution in [0.15, 0.2) is 16.9 Å². The average molecular weight is 400 g/mol. The summed E-state index contributed by atoms with van der Waals surface area (Å²) in [6.45, 7) is 7.84. The van der Waals surface area contributed by atoms with Crippen LogP contribution in [0.3, 0.4) is 0 Å². The number of aromatic nitrogens is 2. The zero-order chi connectivity index (χ0) is 16.4. The van der Waals surface area contributed by atoms with Gasteiger partial charge >= 0.3 is 0 Å². The Labute approximate surface area is 149 Å². The van der Waals surface area contributed by atoms with Gasteiger partial charge in [-0.15, -0.1) is 0 Å². The quantitative estimate of drug-likeness (QED) is 0.790. The Morgan fingerprint density at radius 2 is 1.96 bits per heavy atom. The molecule has 2 aromatic heterocycles. The predicted molar refractivity (Wildman–Crippen MR) is 96.4 cm³/mol. The van der Waals surface area contributed by atoms with E-state index in [9.17, 15) is 0 Å². The van der Waals surface area contributed by atoms with E-state index in [1.165, 1.54) is 0 Å². The zero-order valence-electron chi connectivity index (χ0n) is 13.4. The first-order chi connectivity index (χ1) is 11.1. The van der Waals surface area contributed by atoms with Crippen LogP contribution < -0.4 is 4.74 Å². The lowest BCUT2D eigenvalue weighted by molar-refractivity contribution is 0.132. The number of hydrogen-bond donors (Lipinski definition) is 0. The fraction of sp³-hybridized carbons (Fsp3) is 0.500. The van der Waals surface area contributed by atoms with Crippen LogP contribution in [0.4, 0.5) is 0 Å². The minimum absolute atomic E-state index is 0.569. The van der Waals surface area contributed by atoms with E-state index in [1.807, 2.05) is 6.92 Å². The molecule has 1 aliphatic heterocycles. The van der Waals surface area contributed by atoms with Crippen LogP contribution >= 0.6 is 27.5 Å². The summed E-state index contributed by atoms with van der Waals surface area (Å²) in [7, 11) is 2.16. The standard InChI is InChI=1S/C16H20BrClN4O/c1-11-9-19-15-12(14(11)18)10-20-16(13(15)17)23-8-7-22-5-3-21(2)4-6-22/h9-10H,3-8H2,1-2H3. The summed E-state index contributed by atoms with van der Waals surface area (Å²) in [5.41, 5.74) is 1.72. The number of ether oxygens (including phenoxy) is 1. The topological polar surface area (TPSA) is 41.5 Å². The second-order valence-corrected chi connectivity index (χ2v) is 7.06. The fourth-order valence-corrected chi connectivity index (χ4v) is 3.34. The monoisotopic (exact) mass is 398 g/mol. The van der Waals surface area contributed by atoms with Crippen molar-refractivity contribution in [3.05, 3.63) is 27.5 Å². The Balaban J connectivity index is 1.66. The van der Waals surface area contributed by atoms with Crippen LogP contribution in [0.5, 0.6) is 5.88 Å². The summed E-state index contributed by atoms with van der Waals surface area (Å²) >= 11 is 9.86. The fourth-order valence-electron chi connectivity index (χ4n) is 2.62. The minimum Gasteiger partial charge on any atom is -0.475 e. The maximum atomic E-state index is 6.32. The lowest BCUT2D eigenvalue weighted by Gasteiger charge is -2.32. The summed E-state index contributed by atoms with van der Waals surface area (Å²) in [5, 5.41) is 1.53. The molecule has 0 aliphatic carbocycles. The van der Waals surface area contributed by atoms with Gasteiger partial charge < -0.3 is 9.64 Å². The van der Waals surface area contributed by atoms with Crippen LogP contribution in [0, 0.1) is 6.92 Å². The molecule has 3 heterocycles. The number of likely N-dealkylation sites (N-methyl/N-ethyl adjacent to an activating group) is 1. The molecule has 1 saturated heterocycles. The van der Waals surface area contributed by atoms with Gasteiger partial charge in [0.25, 0.3) is 0 Å². The van der Waals surface area contributed by atoms with Crippen molar-refractivity contribution in [2.24, 2.45) is 0 Å². The first-order valence-corrected chi connectivity index (χ1v) is 8.86. The molecular formula is C16H20BrClN4O. The third-order valence-corrected chi connectivity index (χ3v) is 5.39. The number of hydrogen-bond acceptors (Lipinski definition) is 5. The molecule has 0 N–H and O–H groups in total. The van der Waals surface area contributed by atoms with Gasteiger partial charge in [-0.05, 0) is 35.5 Å². The van der Waals surface area contributed by atoms with Crippen LogP contribution in [-0.2, 0) is 0 Å². The van der Waals surface area contributed by atoms with Gasteiger partial charge in [-0.3, -0.25) is 9.88 Å². The summed E-state index contributed by atoms with van der Waals surface area (Å²) in [4.78, 5) is 13.6. The first kappa shape index (κ1) is 16.9. The van der Waals surface area contributed by atoms with Gasteiger partial charge in [0.2, 0.25) is 5.88 Å². The number of halogens is 2. The zero-order valence-corrected chi connectivity index (χ0v) is 15.7. The van der Waals surface area contributed by atoms with Crippen LogP contribution in [0.25, 0.3) is 10.9 Å². The lowest BCUT2D eigenvalue weighted by Crippen LogP contribution is -2.45. The third kappa shape index (κ3) is 3.76. The Morgan fingerprint density at radius 1 is 1.22 bits per heavy atom. The number of nitrogens with zero attached hydrogens (tertiary/aromatic N) is 4. The Morgan fingerprint density at radius 3 is 2.70 bits per heavy atom. The second kappa shape index (κ2) is 7.30. The molecule has 23 heavy (non-hydrogen) atoms. The molecule has 124 valence electrons. The number of fused-ring (bicyclic) bond motifs is 1. The molecule has 0 spiro atoms. The van der Waals surface area contributed by atoms with Gasteiger partial charge in [-0.25, -0.2) is 4.98 Å². The van der Waals surface area contributed by atoms with E-state index in [2.05, 4.69) is 42.7 Å².